The fourth-order valence-corrected chi connectivity index (χ4v) is 1.89. The van der Waals surface area contributed by atoms with Gasteiger partial charge in [0.15, 0.2) is 0 Å². The number of ether oxygens (including phenoxy) is 1. The summed E-state index contributed by atoms with van der Waals surface area (Å²) in [5.74, 6) is 0.308. The lowest BCUT2D eigenvalue weighted by atomic mass is 9.98. The second-order valence-electron chi connectivity index (χ2n) is 4.47. The quantitative estimate of drug-likeness (QED) is 0.655. The van der Waals surface area contributed by atoms with Crippen LogP contribution in [0.5, 0.6) is 0 Å². The molecule has 0 aliphatic carbocycles. The minimum atomic E-state index is -0.209. The lowest BCUT2D eigenvalue weighted by Crippen LogP contribution is -2.39. The first-order valence-electron chi connectivity index (χ1n) is 5.21. The highest BCUT2D eigenvalue weighted by Gasteiger charge is 2.31. The summed E-state index contributed by atoms with van der Waals surface area (Å²) >= 11 is 0. The Bertz CT molecular complexity index is 192. The van der Waals surface area contributed by atoms with Crippen LogP contribution in [-0.2, 0) is 4.74 Å². The third-order valence-electron chi connectivity index (χ3n) is 2.57. The molecule has 1 fully saturated rings. The Balaban J connectivity index is 2.33. The van der Waals surface area contributed by atoms with E-state index in [1.54, 1.807) is 0 Å². The van der Waals surface area contributed by atoms with Crippen molar-refractivity contribution in [1.29, 1.82) is 0 Å². The summed E-state index contributed by atoms with van der Waals surface area (Å²) in [4.78, 5) is 0. The standard InChI is InChI=1S/C11H21NO2/c1-4-5-9(7-13)6-10-8-14-11(2,3)12-10/h4,9-10,12-13H,1,5-8H2,2-3H3/t9-,10?/m1/s1. The van der Waals surface area contributed by atoms with Crippen molar-refractivity contribution in [2.45, 2.75) is 38.5 Å². The molecule has 1 aliphatic rings. The predicted molar refractivity (Wildman–Crippen MR) is 57.0 cm³/mol. The summed E-state index contributed by atoms with van der Waals surface area (Å²) in [6, 6.07) is 0.363. The van der Waals surface area contributed by atoms with Crippen LogP contribution >= 0.6 is 0 Å². The molecule has 1 heterocycles. The zero-order valence-corrected chi connectivity index (χ0v) is 9.12. The van der Waals surface area contributed by atoms with E-state index in [2.05, 4.69) is 11.9 Å². The predicted octanol–water partition coefficient (Wildman–Crippen LogP) is 1.29. The molecule has 0 aromatic heterocycles. The number of aliphatic hydroxyl groups is 1. The molecule has 1 unspecified atom stereocenters. The van der Waals surface area contributed by atoms with Crippen LogP contribution in [0, 0.1) is 5.92 Å². The lowest BCUT2D eigenvalue weighted by Gasteiger charge is -2.20. The van der Waals surface area contributed by atoms with Crippen molar-refractivity contribution < 1.29 is 9.84 Å². The Labute approximate surface area is 86.2 Å². The van der Waals surface area contributed by atoms with E-state index in [0.717, 1.165) is 19.4 Å². The number of rotatable bonds is 5. The first kappa shape index (κ1) is 11.7. The fourth-order valence-electron chi connectivity index (χ4n) is 1.89. The van der Waals surface area contributed by atoms with Crippen LogP contribution in [0.3, 0.4) is 0 Å². The topological polar surface area (TPSA) is 41.5 Å². The zero-order chi connectivity index (χ0) is 10.6. The minimum Gasteiger partial charge on any atom is -0.396 e. The van der Waals surface area contributed by atoms with Crippen molar-refractivity contribution in [3.8, 4) is 0 Å². The Kier molecular flexibility index (Phi) is 4.11. The van der Waals surface area contributed by atoms with Crippen molar-refractivity contribution >= 4 is 0 Å². The van der Waals surface area contributed by atoms with Crippen molar-refractivity contribution in [2.24, 2.45) is 5.92 Å². The summed E-state index contributed by atoms with van der Waals surface area (Å²) in [6.45, 7) is 8.70. The molecule has 2 atom stereocenters. The van der Waals surface area contributed by atoms with E-state index in [4.69, 9.17) is 9.84 Å². The Morgan fingerprint density at radius 2 is 2.43 bits per heavy atom. The Morgan fingerprint density at radius 3 is 2.86 bits per heavy atom. The number of allylic oxidation sites excluding steroid dienone is 1. The van der Waals surface area contributed by atoms with Gasteiger partial charge in [-0.05, 0) is 32.6 Å². The monoisotopic (exact) mass is 199 g/mol. The van der Waals surface area contributed by atoms with E-state index in [1.807, 2.05) is 19.9 Å². The van der Waals surface area contributed by atoms with Crippen LogP contribution in [0.2, 0.25) is 0 Å². The summed E-state index contributed by atoms with van der Waals surface area (Å²) in [6.07, 6.45) is 3.68. The summed E-state index contributed by atoms with van der Waals surface area (Å²) in [5.41, 5.74) is -0.209. The van der Waals surface area contributed by atoms with Crippen molar-refractivity contribution in [3.63, 3.8) is 0 Å². The van der Waals surface area contributed by atoms with Crippen LogP contribution in [0.15, 0.2) is 12.7 Å². The molecule has 0 bridgehead atoms. The van der Waals surface area contributed by atoms with Crippen LogP contribution in [-0.4, -0.2) is 30.1 Å². The van der Waals surface area contributed by atoms with Crippen LogP contribution in [0.25, 0.3) is 0 Å². The maximum Gasteiger partial charge on any atom is 0.113 e. The van der Waals surface area contributed by atoms with Crippen LogP contribution in [0.1, 0.15) is 26.7 Å². The van der Waals surface area contributed by atoms with E-state index in [-0.39, 0.29) is 12.3 Å². The number of hydrogen-bond acceptors (Lipinski definition) is 3. The first-order valence-corrected chi connectivity index (χ1v) is 5.21. The third-order valence-corrected chi connectivity index (χ3v) is 2.57. The molecule has 14 heavy (non-hydrogen) atoms. The fraction of sp³-hybridized carbons (Fsp3) is 0.818. The van der Waals surface area contributed by atoms with Gasteiger partial charge in [-0.15, -0.1) is 6.58 Å². The summed E-state index contributed by atoms with van der Waals surface area (Å²) in [7, 11) is 0. The summed E-state index contributed by atoms with van der Waals surface area (Å²) in [5, 5.41) is 12.5. The molecule has 1 saturated heterocycles. The van der Waals surface area contributed by atoms with Gasteiger partial charge in [-0.2, -0.15) is 0 Å². The van der Waals surface area contributed by atoms with Gasteiger partial charge in [0.25, 0.3) is 0 Å². The van der Waals surface area contributed by atoms with Gasteiger partial charge in [0, 0.05) is 12.6 Å². The van der Waals surface area contributed by atoms with Gasteiger partial charge in [-0.3, -0.25) is 5.32 Å². The molecule has 1 rings (SSSR count). The molecule has 82 valence electrons. The normalized spacial score (nSPS) is 27.5. The smallest absolute Gasteiger partial charge is 0.113 e. The molecule has 0 aromatic rings. The molecule has 3 heteroatoms. The molecule has 0 spiro atoms. The molecule has 0 saturated carbocycles. The second kappa shape index (κ2) is 4.91. The number of aliphatic hydroxyl groups excluding tert-OH is 1. The van der Waals surface area contributed by atoms with Crippen LogP contribution < -0.4 is 5.32 Å². The van der Waals surface area contributed by atoms with Crippen molar-refractivity contribution in [1.82, 2.24) is 5.32 Å². The van der Waals surface area contributed by atoms with Crippen LogP contribution in [0.4, 0.5) is 0 Å². The number of hydrogen-bond donors (Lipinski definition) is 2. The van der Waals surface area contributed by atoms with Gasteiger partial charge in [0.05, 0.1) is 6.61 Å². The van der Waals surface area contributed by atoms with Gasteiger partial charge < -0.3 is 9.84 Å². The average Bonchev–Trinajstić information content (AvgIpc) is 2.45. The highest BCUT2D eigenvalue weighted by atomic mass is 16.5. The van der Waals surface area contributed by atoms with Gasteiger partial charge in [-0.1, -0.05) is 6.08 Å². The minimum absolute atomic E-state index is 0.209. The molecule has 0 aromatic carbocycles. The molecular formula is C11H21NO2. The van der Waals surface area contributed by atoms with Gasteiger partial charge in [0.2, 0.25) is 0 Å². The molecule has 0 radical (unpaired) electrons. The molecular weight excluding hydrogens is 178 g/mol. The maximum atomic E-state index is 9.13. The van der Waals surface area contributed by atoms with Gasteiger partial charge in [0.1, 0.15) is 5.72 Å². The van der Waals surface area contributed by atoms with E-state index < -0.39 is 0 Å². The van der Waals surface area contributed by atoms with E-state index in [1.165, 1.54) is 0 Å². The van der Waals surface area contributed by atoms with Gasteiger partial charge in [-0.25, -0.2) is 0 Å². The Morgan fingerprint density at radius 1 is 1.71 bits per heavy atom. The highest BCUT2D eigenvalue weighted by molar-refractivity contribution is 4.85. The SMILES string of the molecule is C=CC[C@@H](CO)CC1COC(C)(C)N1. The molecule has 2 N–H and O–H groups in total. The van der Waals surface area contributed by atoms with E-state index in [9.17, 15) is 0 Å². The first-order chi connectivity index (χ1) is 6.57. The number of nitrogens with one attached hydrogen (secondary N) is 1. The largest absolute Gasteiger partial charge is 0.396 e. The maximum absolute atomic E-state index is 9.13. The summed E-state index contributed by atoms with van der Waals surface area (Å²) < 4.78 is 5.56. The Hall–Kier alpha value is -0.380. The molecule has 1 aliphatic heterocycles. The molecule has 3 nitrogen and oxygen atoms in total. The van der Waals surface area contributed by atoms with Gasteiger partial charge >= 0.3 is 0 Å². The second-order valence-corrected chi connectivity index (χ2v) is 4.47. The average molecular weight is 199 g/mol. The van der Waals surface area contributed by atoms with Crippen molar-refractivity contribution in [2.75, 3.05) is 13.2 Å². The van der Waals surface area contributed by atoms with E-state index >= 15 is 0 Å². The lowest BCUT2D eigenvalue weighted by molar-refractivity contribution is 0.0230. The highest BCUT2D eigenvalue weighted by Crippen LogP contribution is 2.20. The van der Waals surface area contributed by atoms with E-state index in [0.29, 0.717) is 12.0 Å². The zero-order valence-electron chi connectivity index (χ0n) is 9.12. The van der Waals surface area contributed by atoms with Crippen molar-refractivity contribution in [3.05, 3.63) is 12.7 Å². The third kappa shape index (κ3) is 3.40. The molecule has 0 amide bonds.